The van der Waals surface area contributed by atoms with E-state index in [0.717, 1.165) is 5.56 Å². The highest BCUT2D eigenvalue weighted by atomic mass is 16.6. The van der Waals surface area contributed by atoms with Crippen LogP contribution in [-0.2, 0) is 0 Å². The van der Waals surface area contributed by atoms with Gasteiger partial charge in [-0.3, -0.25) is 10.1 Å². The summed E-state index contributed by atoms with van der Waals surface area (Å²) in [5, 5.41) is 10.9. The summed E-state index contributed by atoms with van der Waals surface area (Å²) in [6.45, 7) is 7.70. The van der Waals surface area contributed by atoms with Crippen LogP contribution in [0.5, 0.6) is 5.75 Å². The molecule has 0 atom stereocenters. The number of hydrogen-bond donors (Lipinski definition) is 0. The van der Waals surface area contributed by atoms with Crippen molar-refractivity contribution in [3.8, 4) is 5.75 Å². The molecule has 0 radical (unpaired) electrons. The van der Waals surface area contributed by atoms with Gasteiger partial charge >= 0.3 is 5.69 Å². The van der Waals surface area contributed by atoms with Gasteiger partial charge in [0.2, 0.25) is 0 Å². The van der Waals surface area contributed by atoms with E-state index in [1.165, 1.54) is 0 Å². The molecule has 88 valence electrons. The largest absolute Gasteiger partial charge is 0.484 e. The van der Waals surface area contributed by atoms with Gasteiger partial charge in [0.25, 0.3) is 0 Å². The number of nitro groups is 1. The lowest BCUT2D eigenvalue weighted by atomic mass is 10.0. The Labute approximate surface area is 95.4 Å². The van der Waals surface area contributed by atoms with Crippen molar-refractivity contribution in [1.82, 2.24) is 0 Å². The fourth-order valence-electron chi connectivity index (χ4n) is 1.39. The zero-order chi connectivity index (χ0) is 12.3. The molecule has 0 amide bonds. The maximum atomic E-state index is 10.9. The first-order valence-corrected chi connectivity index (χ1v) is 5.36. The maximum absolute atomic E-state index is 10.9. The first-order chi connectivity index (χ1) is 7.41. The first kappa shape index (κ1) is 12.5. The van der Waals surface area contributed by atoms with Crippen molar-refractivity contribution in [2.45, 2.75) is 39.7 Å². The summed E-state index contributed by atoms with van der Waals surface area (Å²) < 4.78 is 5.40. The molecule has 0 aliphatic carbocycles. The Kier molecular flexibility index (Phi) is 3.88. The van der Waals surface area contributed by atoms with Gasteiger partial charge in [0.15, 0.2) is 5.75 Å². The zero-order valence-electron chi connectivity index (χ0n) is 10.1. The highest BCUT2D eigenvalue weighted by molar-refractivity contribution is 5.49. The quantitative estimate of drug-likeness (QED) is 0.579. The van der Waals surface area contributed by atoms with Crippen molar-refractivity contribution in [3.05, 3.63) is 33.9 Å². The van der Waals surface area contributed by atoms with Crippen molar-refractivity contribution in [2.75, 3.05) is 0 Å². The van der Waals surface area contributed by atoms with E-state index >= 15 is 0 Å². The van der Waals surface area contributed by atoms with E-state index < -0.39 is 4.92 Å². The van der Waals surface area contributed by atoms with E-state index in [2.05, 4.69) is 0 Å². The molecular formula is C12H17NO3. The van der Waals surface area contributed by atoms with E-state index in [4.69, 9.17) is 4.74 Å². The Morgan fingerprint density at radius 3 is 2.31 bits per heavy atom. The zero-order valence-corrected chi connectivity index (χ0v) is 10.1. The van der Waals surface area contributed by atoms with E-state index in [0.29, 0.717) is 5.75 Å². The molecule has 1 aromatic rings. The lowest BCUT2D eigenvalue weighted by molar-refractivity contribution is -0.386. The van der Waals surface area contributed by atoms with E-state index in [-0.39, 0.29) is 17.7 Å². The van der Waals surface area contributed by atoms with Gasteiger partial charge < -0.3 is 4.74 Å². The third-order valence-corrected chi connectivity index (χ3v) is 2.21. The number of nitrogens with zero attached hydrogens (tertiary/aromatic N) is 1. The predicted octanol–water partition coefficient (Wildman–Crippen LogP) is 3.51. The van der Waals surface area contributed by atoms with Gasteiger partial charge in [-0.05, 0) is 31.4 Å². The van der Waals surface area contributed by atoms with Crippen LogP contribution in [0.15, 0.2) is 18.2 Å². The third-order valence-electron chi connectivity index (χ3n) is 2.21. The Bertz CT molecular complexity index is 386. The maximum Gasteiger partial charge on any atom is 0.311 e. The highest BCUT2D eigenvalue weighted by Gasteiger charge is 2.17. The molecule has 1 rings (SSSR count). The molecule has 0 heterocycles. The average Bonchev–Trinajstić information content (AvgIpc) is 2.16. The molecule has 16 heavy (non-hydrogen) atoms. The Balaban J connectivity index is 3.14. The van der Waals surface area contributed by atoms with Gasteiger partial charge in [-0.1, -0.05) is 19.9 Å². The Hall–Kier alpha value is -1.58. The van der Waals surface area contributed by atoms with Crippen LogP contribution in [0.3, 0.4) is 0 Å². The van der Waals surface area contributed by atoms with Gasteiger partial charge in [0, 0.05) is 6.07 Å². The second kappa shape index (κ2) is 4.96. The van der Waals surface area contributed by atoms with Crippen molar-refractivity contribution in [1.29, 1.82) is 0 Å². The molecule has 4 heteroatoms. The second-order valence-electron chi connectivity index (χ2n) is 4.31. The summed E-state index contributed by atoms with van der Waals surface area (Å²) in [4.78, 5) is 10.5. The Morgan fingerprint density at radius 2 is 1.88 bits per heavy atom. The molecule has 0 unspecified atom stereocenters. The molecule has 0 saturated carbocycles. The highest BCUT2D eigenvalue weighted by Crippen LogP contribution is 2.31. The van der Waals surface area contributed by atoms with Crippen molar-refractivity contribution >= 4 is 5.69 Å². The minimum Gasteiger partial charge on any atom is -0.484 e. The van der Waals surface area contributed by atoms with Gasteiger partial charge in [0.1, 0.15) is 0 Å². The van der Waals surface area contributed by atoms with Crippen LogP contribution >= 0.6 is 0 Å². The van der Waals surface area contributed by atoms with Crippen LogP contribution in [-0.4, -0.2) is 11.0 Å². The number of rotatable bonds is 4. The molecule has 0 fully saturated rings. The molecule has 0 bridgehead atoms. The second-order valence-corrected chi connectivity index (χ2v) is 4.31. The summed E-state index contributed by atoms with van der Waals surface area (Å²) in [7, 11) is 0. The molecule has 4 nitrogen and oxygen atoms in total. The topological polar surface area (TPSA) is 52.4 Å². The van der Waals surface area contributed by atoms with Crippen LogP contribution in [0, 0.1) is 10.1 Å². The molecule has 0 spiro atoms. The number of ether oxygens (including phenoxy) is 1. The minimum atomic E-state index is -0.399. The van der Waals surface area contributed by atoms with Crippen LogP contribution in [0.1, 0.15) is 39.2 Å². The molecular weight excluding hydrogens is 206 g/mol. The van der Waals surface area contributed by atoms with Crippen LogP contribution < -0.4 is 4.74 Å². The molecule has 0 N–H and O–H groups in total. The number of nitro benzene ring substituents is 1. The van der Waals surface area contributed by atoms with Crippen molar-refractivity contribution in [3.63, 3.8) is 0 Å². The van der Waals surface area contributed by atoms with Crippen LogP contribution in [0.2, 0.25) is 0 Å². The standard InChI is InChI=1S/C12H17NO3/c1-8(2)10-5-6-12(16-9(3)4)11(7-10)13(14)15/h5-9H,1-4H3. The molecule has 0 aliphatic rings. The van der Waals surface area contributed by atoms with Gasteiger partial charge in [-0.2, -0.15) is 0 Å². The van der Waals surface area contributed by atoms with Gasteiger partial charge in [-0.25, -0.2) is 0 Å². The third kappa shape index (κ3) is 2.95. The summed E-state index contributed by atoms with van der Waals surface area (Å²) in [6, 6.07) is 5.13. The van der Waals surface area contributed by atoms with E-state index in [1.807, 2.05) is 33.8 Å². The number of benzene rings is 1. The van der Waals surface area contributed by atoms with E-state index in [1.54, 1.807) is 12.1 Å². The summed E-state index contributed by atoms with van der Waals surface area (Å²) in [6.07, 6.45) is -0.0661. The lowest BCUT2D eigenvalue weighted by Gasteiger charge is -2.11. The summed E-state index contributed by atoms with van der Waals surface area (Å²) >= 11 is 0. The molecule has 1 aromatic carbocycles. The monoisotopic (exact) mass is 223 g/mol. The SMILES string of the molecule is CC(C)Oc1ccc(C(C)C)cc1[N+](=O)[O-]. The molecule has 0 aromatic heterocycles. The normalized spacial score (nSPS) is 10.9. The van der Waals surface area contributed by atoms with Crippen LogP contribution in [0.4, 0.5) is 5.69 Å². The Morgan fingerprint density at radius 1 is 1.25 bits per heavy atom. The van der Waals surface area contributed by atoms with E-state index in [9.17, 15) is 10.1 Å². The molecule has 0 saturated heterocycles. The van der Waals surface area contributed by atoms with Crippen molar-refractivity contribution in [2.24, 2.45) is 0 Å². The number of hydrogen-bond acceptors (Lipinski definition) is 3. The van der Waals surface area contributed by atoms with Gasteiger partial charge in [0.05, 0.1) is 11.0 Å². The smallest absolute Gasteiger partial charge is 0.311 e. The molecule has 0 aliphatic heterocycles. The average molecular weight is 223 g/mol. The van der Waals surface area contributed by atoms with Crippen LogP contribution in [0.25, 0.3) is 0 Å². The van der Waals surface area contributed by atoms with Crippen molar-refractivity contribution < 1.29 is 9.66 Å². The summed E-state index contributed by atoms with van der Waals surface area (Å²) in [5.41, 5.74) is 0.989. The lowest BCUT2D eigenvalue weighted by Crippen LogP contribution is -2.07. The predicted molar refractivity (Wildman–Crippen MR) is 62.9 cm³/mol. The fraction of sp³-hybridized carbons (Fsp3) is 0.500. The fourth-order valence-corrected chi connectivity index (χ4v) is 1.39. The minimum absolute atomic E-state index is 0.0416. The first-order valence-electron chi connectivity index (χ1n) is 5.36. The summed E-state index contributed by atoms with van der Waals surface area (Å²) in [5.74, 6) is 0.608. The van der Waals surface area contributed by atoms with Gasteiger partial charge in [-0.15, -0.1) is 0 Å².